The Hall–Kier alpha value is -3.48. The molecule has 0 aliphatic heterocycles. The van der Waals surface area contributed by atoms with E-state index in [2.05, 4.69) is 20.5 Å². The molecule has 0 saturated carbocycles. The van der Waals surface area contributed by atoms with Gasteiger partial charge in [0.15, 0.2) is 5.69 Å². The summed E-state index contributed by atoms with van der Waals surface area (Å²) in [5, 5.41) is 12.6. The van der Waals surface area contributed by atoms with Gasteiger partial charge in [0.05, 0.1) is 12.3 Å². The molecule has 136 valence electrons. The molecule has 2 aromatic heterocycles. The Morgan fingerprint density at radius 3 is 2.59 bits per heavy atom. The molecule has 2 heterocycles. The van der Waals surface area contributed by atoms with E-state index in [0.29, 0.717) is 24.0 Å². The summed E-state index contributed by atoms with van der Waals surface area (Å²) in [4.78, 5) is 4.48. The van der Waals surface area contributed by atoms with Gasteiger partial charge in [-0.3, -0.25) is 0 Å². The van der Waals surface area contributed by atoms with Gasteiger partial charge in [-0.15, -0.1) is 5.10 Å². The van der Waals surface area contributed by atoms with Crippen molar-refractivity contribution in [3.05, 3.63) is 59.8 Å². The highest BCUT2D eigenvalue weighted by molar-refractivity contribution is 5.60. The SMILES string of the molecule is CCOc1ccccc1-n1nnc(-c2nc(-c3ccc(C)cc3)no2)c1C. The van der Waals surface area contributed by atoms with Crippen LogP contribution in [0.4, 0.5) is 0 Å². The van der Waals surface area contributed by atoms with E-state index in [4.69, 9.17) is 9.26 Å². The summed E-state index contributed by atoms with van der Waals surface area (Å²) in [6.45, 7) is 6.46. The standard InChI is InChI=1S/C20H19N5O2/c1-4-26-17-8-6-5-7-16(17)25-14(3)18(22-24-25)20-21-19(23-27-20)15-11-9-13(2)10-12-15/h5-12H,4H2,1-3H3. The number of hydrogen-bond acceptors (Lipinski definition) is 6. The summed E-state index contributed by atoms with van der Waals surface area (Å²) >= 11 is 0. The van der Waals surface area contributed by atoms with Crippen molar-refractivity contribution in [2.45, 2.75) is 20.8 Å². The Morgan fingerprint density at radius 1 is 1.04 bits per heavy atom. The van der Waals surface area contributed by atoms with Gasteiger partial charge in [-0.25, -0.2) is 4.68 Å². The fourth-order valence-corrected chi connectivity index (χ4v) is 2.80. The van der Waals surface area contributed by atoms with Gasteiger partial charge in [0.2, 0.25) is 5.82 Å². The molecule has 0 saturated heterocycles. The predicted molar refractivity (Wildman–Crippen MR) is 101 cm³/mol. The number of nitrogens with zero attached hydrogens (tertiary/aromatic N) is 5. The van der Waals surface area contributed by atoms with Crippen molar-refractivity contribution in [3.63, 3.8) is 0 Å². The zero-order valence-corrected chi connectivity index (χ0v) is 15.4. The van der Waals surface area contributed by atoms with E-state index in [0.717, 1.165) is 22.7 Å². The molecule has 27 heavy (non-hydrogen) atoms. The third-order valence-electron chi connectivity index (χ3n) is 4.23. The van der Waals surface area contributed by atoms with Crippen LogP contribution in [0.1, 0.15) is 18.2 Å². The van der Waals surface area contributed by atoms with Gasteiger partial charge in [-0.2, -0.15) is 4.98 Å². The maximum absolute atomic E-state index is 5.69. The Labute approximate surface area is 156 Å². The third-order valence-corrected chi connectivity index (χ3v) is 4.23. The average molecular weight is 361 g/mol. The topological polar surface area (TPSA) is 78.9 Å². The lowest BCUT2D eigenvalue weighted by Crippen LogP contribution is -2.03. The first-order valence-electron chi connectivity index (χ1n) is 8.73. The van der Waals surface area contributed by atoms with Crippen LogP contribution < -0.4 is 4.74 Å². The van der Waals surface area contributed by atoms with Crippen molar-refractivity contribution in [3.8, 4) is 34.4 Å². The van der Waals surface area contributed by atoms with Crippen molar-refractivity contribution >= 4 is 0 Å². The van der Waals surface area contributed by atoms with Crippen LogP contribution in [0.2, 0.25) is 0 Å². The van der Waals surface area contributed by atoms with Crippen molar-refractivity contribution in [1.29, 1.82) is 0 Å². The van der Waals surface area contributed by atoms with Gasteiger partial charge < -0.3 is 9.26 Å². The first-order chi connectivity index (χ1) is 13.2. The second-order valence-corrected chi connectivity index (χ2v) is 6.13. The first-order valence-corrected chi connectivity index (χ1v) is 8.73. The maximum Gasteiger partial charge on any atom is 0.280 e. The van der Waals surface area contributed by atoms with Crippen molar-refractivity contribution in [2.75, 3.05) is 6.61 Å². The number of ether oxygens (including phenoxy) is 1. The minimum Gasteiger partial charge on any atom is -0.492 e. The van der Waals surface area contributed by atoms with E-state index in [1.807, 2.05) is 69.3 Å². The Morgan fingerprint density at radius 2 is 1.81 bits per heavy atom. The minimum atomic E-state index is 0.336. The molecule has 0 aliphatic rings. The number of hydrogen-bond donors (Lipinski definition) is 0. The molecule has 4 aromatic rings. The quantitative estimate of drug-likeness (QED) is 0.535. The molecule has 0 bridgehead atoms. The lowest BCUT2D eigenvalue weighted by molar-refractivity contribution is 0.338. The van der Waals surface area contributed by atoms with Crippen LogP contribution in [0, 0.1) is 13.8 Å². The number of aryl methyl sites for hydroxylation is 1. The molecule has 7 nitrogen and oxygen atoms in total. The number of aromatic nitrogens is 5. The zero-order chi connectivity index (χ0) is 18.8. The van der Waals surface area contributed by atoms with E-state index >= 15 is 0 Å². The molecule has 7 heteroatoms. The fraction of sp³-hybridized carbons (Fsp3) is 0.200. The normalized spacial score (nSPS) is 10.9. The highest BCUT2D eigenvalue weighted by Crippen LogP contribution is 2.28. The van der Waals surface area contributed by atoms with Gasteiger partial charge in [-0.05, 0) is 32.9 Å². The summed E-state index contributed by atoms with van der Waals surface area (Å²) in [7, 11) is 0. The molecule has 0 aliphatic carbocycles. The number of benzene rings is 2. The second kappa shape index (κ2) is 7.03. The molecule has 0 fully saturated rings. The maximum atomic E-state index is 5.69. The monoisotopic (exact) mass is 361 g/mol. The second-order valence-electron chi connectivity index (χ2n) is 6.13. The van der Waals surface area contributed by atoms with Crippen molar-refractivity contribution < 1.29 is 9.26 Å². The highest BCUT2D eigenvalue weighted by Gasteiger charge is 2.20. The van der Waals surface area contributed by atoms with E-state index < -0.39 is 0 Å². The van der Waals surface area contributed by atoms with Crippen LogP contribution >= 0.6 is 0 Å². The van der Waals surface area contributed by atoms with E-state index in [1.165, 1.54) is 5.56 Å². The van der Waals surface area contributed by atoms with Crippen LogP contribution in [0.15, 0.2) is 53.1 Å². The molecule has 0 amide bonds. The highest BCUT2D eigenvalue weighted by atomic mass is 16.5. The summed E-state index contributed by atoms with van der Waals surface area (Å²) in [6, 6.07) is 15.6. The molecule has 0 spiro atoms. The molecule has 0 atom stereocenters. The minimum absolute atomic E-state index is 0.336. The van der Waals surface area contributed by atoms with Crippen LogP contribution in [0.25, 0.3) is 28.7 Å². The Kier molecular flexibility index (Phi) is 4.42. The van der Waals surface area contributed by atoms with Gasteiger partial charge in [0.25, 0.3) is 5.89 Å². The van der Waals surface area contributed by atoms with Crippen LogP contribution in [-0.2, 0) is 0 Å². The van der Waals surface area contributed by atoms with Crippen molar-refractivity contribution in [2.24, 2.45) is 0 Å². The summed E-state index contributed by atoms with van der Waals surface area (Å²) in [5.74, 6) is 1.60. The third kappa shape index (κ3) is 3.19. The first kappa shape index (κ1) is 17.0. The molecular weight excluding hydrogens is 342 g/mol. The fourth-order valence-electron chi connectivity index (χ4n) is 2.80. The van der Waals surface area contributed by atoms with Crippen LogP contribution in [0.3, 0.4) is 0 Å². The average Bonchev–Trinajstić information content (AvgIpc) is 3.30. The van der Waals surface area contributed by atoms with Gasteiger partial charge in [0.1, 0.15) is 11.4 Å². The molecule has 2 aromatic carbocycles. The van der Waals surface area contributed by atoms with Gasteiger partial charge >= 0.3 is 0 Å². The Bertz CT molecular complexity index is 1070. The predicted octanol–water partition coefficient (Wildman–Crippen LogP) is 4.00. The zero-order valence-electron chi connectivity index (χ0n) is 15.4. The molecule has 4 rings (SSSR count). The number of rotatable bonds is 5. The van der Waals surface area contributed by atoms with E-state index in [1.54, 1.807) is 4.68 Å². The van der Waals surface area contributed by atoms with Crippen LogP contribution in [-0.4, -0.2) is 31.7 Å². The van der Waals surface area contributed by atoms with Gasteiger partial charge in [0, 0.05) is 5.56 Å². The smallest absolute Gasteiger partial charge is 0.280 e. The van der Waals surface area contributed by atoms with E-state index in [9.17, 15) is 0 Å². The van der Waals surface area contributed by atoms with E-state index in [-0.39, 0.29) is 0 Å². The Balaban J connectivity index is 1.70. The molecule has 0 unspecified atom stereocenters. The molecule has 0 radical (unpaired) electrons. The lowest BCUT2D eigenvalue weighted by atomic mass is 10.1. The summed E-state index contributed by atoms with van der Waals surface area (Å²) < 4.78 is 12.8. The van der Waals surface area contributed by atoms with Crippen LogP contribution in [0.5, 0.6) is 5.75 Å². The summed E-state index contributed by atoms with van der Waals surface area (Å²) in [6.07, 6.45) is 0. The van der Waals surface area contributed by atoms with Gasteiger partial charge in [-0.1, -0.05) is 52.3 Å². The largest absolute Gasteiger partial charge is 0.492 e. The summed E-state index contributed by atoms with van der Waals surface area (Å²) in [5.41, 5.74) is 4.22. The molecular formula is C20H19N5O2. The molecule has 0 N–H and O–H groups in total. The lowest BCUT2D eigenvalue weighted by Gasteiger charge is -2.10. The van der Waals surface area contributed by atoms with Crippen molar-refractivity contribution in [1.82, 2.24) is 25.1 Å². The number of para-hydroxylation sites is 2.